The van der Waals surface area contributed by atoms with Gasteiger partial charge in [-0.25, -0.2) is 9.97 Å². The first kappa shape index (κ1) is 23.3. The van der Waals surface area contributed by atoms with E-state index in [2.05, 4.69) is 27.3 Å². The van der Waals surface area contributed by atoms with Gasteiger partial charge in [-0.3, -0.25) is 4.79 Å². The van der Waals surface area contributed by atoms with Crippen molar-refractivity contribution in [3.63, 3.8) is 0 Å². The number of aromatic nitrogens is 2. The number of hydrogen-bond acceptors (Lipinski definition) is 6. The summed E-state index contributed by atoms with van der Waals surface area (Å²) in [5, 5.41) is 3.18. The van der Waals surface area contributed by atoms with Crippen molar-refractivity contribution < 1.29 is 13.9 Å². The summed E-state index contributed by atoms with van der Waals surface area (Å²) in [6.45, 7) is 5.20. The van der Waals surface area contributed by atoms with Gasteiger partial charge in [-0.05, 0) is 82.7 Å². The molecule has 1 aliphatic heterocycles. The number of amides is 1. The highest BCUT2D eigenvalue weighted by Crippen LogP contribution is 2.28. The van der Waals surface area contributed by atoms with Gasteiger partial charge in [0.15, 0.2) is 0 Å². The minimum Gasteiger partial charge on any atom is -0.474 e. The van der Waals surface area contributed by atoms with Crippen molar-refractivity contribution in [1.29, 1.82) is 0 Å². The van der Waals surface area contributed by atoms with Gasteiger partial charge in [0.05, 0.1) is 6.20 Å². The second kappa shape index (κ2) is 10.9. The molecule has 2 aliphatic carbocycles. The molecular formula is C27H38N4O3. The van der Waals surface area contributed by atoms with Crippen LogP contribution in [-0.2, 0) is 24.1 Å². The average molecular weight is 467 g/mol. The number of aryl methyl sites for hydroxylation is 1. The molecule has 0 unspecified atom stereocenters. The number of pyridine rings is 1. The Labute approximate surface area is 202 Å². The van der Waals surface area contributed by atoms with E-state index in [9.17, 15) is 4.79 Å². The number of hydrogen-bond donors (Lipinski definition) is 1. The zero-order valence-electron chi connectivity index (χ0n) is 20.4. The number of rotatable bonds is 8. The zero-order chi connectivity index (χ0) is 23.3. The van der Waals surface area contributed by atoms with E-state index < -0.39 is 0 Å². The minimum absolute atomic E-state index is 0.0179. The highest BCUT2D eigenvalue weighted by Gasteiger charge is 2.25. The largest absolute Gasteiger partial charge is 0.474 e. The molecule has 2 fully saturated rings. The van der Waals surface area contributed by atoms with Gasteiger partial charge in [-0.1, -0.05) is 6.07 Å². The van der Waals surface area contributed by atoms with E-state index in [1.165, 1.54) is 49.8 Å². The lowest BCUT2D eigenvalue weighted by atomic mass is 9.84. The molecular weight excluding hydrogens is 428 g/mol. The maximum absolute atomic E-state index is 12.3. The Morgan fingerprint density at radius 2 is 1.97 bits per heavy atom. The van der Waals surface area contributed by atoms with Crippen LogP contribution in [0.1, 0.15) is 74.3 Å². The topological polar surface area (TPSA) is 80.5 Å². The highest BCUT2D eigenvalue weighted by atomic mass is 16.5. The number of fused-ring (bicyclic) bond motifs is 1. The molecule has 0 atom stereocenters. The molecule has 0 saturated heterocycles. The molecule has 0 spiro atoms. The molecule has 2 aromatic heterocycles. The van der Waals surface area contributed by atoms with Crippen LogP contribution < -0.4 is 10.1 Å². The number of ether oxygens (including phenoxy) is 1. The molecule has 2 saturated carbocycles. The molecule has 184 valence electrons. The summed E-state index contributed by atoms with van der Waals surface area (Å²) in [6, 6.07) is 4.59. The minimum atomic E-state index is 0.0179. The van der Waals surface area contributed by atoms with Gasteiger partial charge in [-0.2, -0.15) is 0 Å². The van der Waals surface area contributed by atoms with Crippen molar-refractivity contribution in [3.8, 4) is 5.88 Å². The van der Waals surface area contributed by atoms with E-state index in [0.29, 0.717) is 12.0 Å². The normalized spacial score (nSPS) is 23.6. The molecule has 34 heavy (non-hydrogen) atoms. The average Bonchev–Trinajstić information content (AvgIpc) is 3.10. The monoisotopic (exact) mass is 466 g/mol. The van der Waals surface area contributed by atoms with E-state index in [1.807, 2.05) is 6.92 Å². The van der Waals surface area contributed by atoms with Gasteiger partial charge in [-0.15, -0.1) is 0 Å². The van der Waals surface area contributed by atoms with Crippen molar-refractivity contribution in [3.05, 3.63) is 41.2 Å². The fraction of sp³-hybridized carbons (Fsp3) is 0.667. The molecule has 2 aromatic rings. The molecule has 7 nitrogen and oxygen atoms in total. The Bertz CT molecular complexity index is 963. The molecule has 3 aliphatic rings. The molecule has 7 heteroatoms. The first-order valence-corrected chi connectivity index (χ1v) is 13.2. The summed E-state index contributed by atoms with van der Waals surface area (Å²) in [7, 11) is 0. The maximum Gasteiger partial charge on any atom is 0.229 e. The Kier molecular flexibility index (Phi) is 7.48. The summed E-state index contributed by atoms with van der Waals surface area (Å²) in [4.78, 5) is 23.9. The van der Waals surface area contributed by atoms with E-state index in [4.69, 9.17) is 14.1 Å². The predicted octanol–water partition coefficient (Wildman–Crippen LogP) is 4.02. The van der Waals surface area contributed by atoms with E-state index in [0.717, 1.165) is 62.9 Å². The third kappa shape index (κ3) is 6.17. The fourth-order valence-corrected chi connectivity index (χ4v) is 5.42. The van der Waals surface area contributed by atoms with Crippen LogP contribution in [0.4, 0.5) is 0 Å². The molecule has 1 N–H and O–H groups in total. The number of nitrogens with zero attached hydrogens (tertiary/aromatic N) is 3. The smallest absolute Gasteiger partial charge is 0.229 e. The summed E-state index contributed by atoms with van der Waals surface area (Å²) < 4.78 is 11.4. The molecule has 0 bridgehead atoms. The summed E-state index contributed by atoms with van der Waals surface area (Å²) in [6.07, 6.45) is 13.8. The number of carbonyl (C=O) groups excluding carboxylic acids is 1. The Morgan fingerprint density at radius 3 is 2.71 bits per heavy atom. The SMILES string of the molecule is Cc1cnc(CC(=O)NC2CCC(CCN3CCc4ccc(OC5CCC5)nc4CC3)CC2)o1. The summed E-state index contributed by atoms with van der Waals surface area (Å²) >= 11 is 0. The lowest BCUT2D eigenvalue weighted by Gasteiger charge is -2.30. The van der Waals surface area contributed by atoms with Crippen LogP contribution in [0.2, 0.25) is 0 Å². The van der Waals surface area contributed by atoms with Crippen LogP contribution in [0.15, 0.2) is 22.7 Å². The zero-order valence-corrected chi connectivity index (χ0v) is 20.4. The van der Waals surface area contributed by atoms with Gasteiger partial charge >= 0.3 is 0 Å². The predicted molar refractivity (Wildman–Crippen MR) is 130 cm³/mol. The van der Waals surface area contributed by atoms with Crippen molar-refractivity contribution >= 4 is 5.91 Å². The van der Waals surface area contributed by atoms with Gasteiger partial charge in [0.25, 0.3) is 0 Å². The van der Waals surface area contributed by atoms with Crippen molar-refractivity contribution in [2.75, 3.05) is 19.6 Å². The second-order valence-electron chi connectivity index (χ2n) is 10.4. The van der Waals surface area contributed by atoms with Crippen LogP contribution in [0.25, 0.3) is 0 Å². The lowest BCUT2D eigenvalue weighted by Crippen LogP contribution is -2.39. The number of carbonyl (C=O) groups is 1. The molecule has 0 radical (unpaired) electrons. The standard InChI is InChI=1S/C27H38N4O3/c1-19-18-28-27(33-19)17-25(32)29-22-8-5-20(6-9-22)11-14-31-15-12-21-7-10-26(30-24(21)13-16-31)34-23-3-2-4-23/h7,10,18,20,22-23H,2-6,8-9,11-17H2,1H3,(H,29,32). The Morgan fingerprint density at radius 1 is 1.15 bits per heavy atom. The third-order valence-corrected chi connectivity index (χ3v) is 7.79. The van der Waals surface area contributed by atoms with Crippen molar-refractivity contribution in [2.45, 2.75) is 89.7 Å². The summed E-state index contributed by atoms with van der Waals surface area (Å²) in [5.41, 5.74) is 2.62. The second-order valence-corrected chi connectivity index (χ2v) is 10.4. The van der Waals surface area contributed by atoms with Crippen LogP contribution >= 0.6 is 0 Å². The first-order valence-electron chi connectivity index (χ1n) is 13.2. The van der Waals surface area contributed by atoms with Crippen LogP contribution in [0.5, 0.6) is 5.88 Å². The molecule has 0 aromatic carbocycles. The van der Waals surface area contributed by atoms with Crippen LogP contribution in [0.3, 0.4) is 0 Å². The van der Waals surface area contributed by atoms with E-state index >= 15 is 0 Å². The van der Waals surface area contributed by atoms with Crippen LogP contribution in [0, 0.1) is 12.8 Å². The molecule has 3 heterocycles. The number of nitrogens with one attached hydrogen (secondary N) is 1. The van der Waals surface area contributed by atoms with Crippen molar-refractivity contribution in [1.82, 2.24) is 20.2 Å². The fourth-order valence-electron chi connectivity index (χ4n) is 5.42. The lowest BCUT2D eigenvalue weighted by molar-refractivity contribution is -0.121. The quantitative estimate of drug-likeness (QED) is 0.633. The van der Waals surface area contributed by atoms with Crippen LogP contribution in [-0.4, -0.2) is 52.6 Å². The maximum atomic E-state index is 12.3. The van der Waals surface area contributed by atoms with Crippen molar-refractivity contribution in [2.24, 2.45) is 5.92 Å². The highest BCUT2D eigenvalue weighted by molar-refractivity contribution is 5.77. The molecule has 1 amide bonds. The Hall–Kier alpha value is -2.41. The van der Waals surface area contributed by atoms with Gasteiger partial charge in [0.1, 0.15) is 18.3 Å². The molecule has 5 rings (SSSR count). The van der Waals surface area contributed by atoms with E-state index in [-0.39, 0.29) is 18.4 Å². The van der Waals surface area contributed by atoms with E-state index in [1.54, 1.807) is 6.20 Å². The number of oxazole rings is 1. The van der Waals surface area contributed by atoms with Gasteiger partial charge in [0, 0.05) is 37.3 Å². The van der Waals surface area contributed by atoms with Gasteiger partial charge < -0.3 is 19.4 Å². The summed E-state index contributed by atoms with van der Waals surface area (Å²) in [5.74, 6) is 2.84. The Balaban J connectivity index is 1.01. The third-order valence-electron chi connectivity index (χ3n) is 7.79. The first-order chi connectivity index (χ1) is 16.6. The van der Waals surface area contributed by atoms with Gasteiger partial charge in [0.2, 0.25) is 17.7 Å².